The van der Waals surface area contributed by atoms with Gasteiger partial charge in [-0.3, -0.25) is 9.59 Å². The number of aliphatic carboxylic acids is 1. The molecule has 0 saturated heterocycles. The van der Waals surface area contributed by atoms with Crippen LogP contribution in [0.5, 0.6) is 0 Å². The molecule has 0 radical (unpaired) electrons. The van der Waals surface area contributed by atoms with Crippen LogP contribution in [0, 0.1) is 11.8 Å². The molecule has 5 heteroatoms. The number of hydrogen-bond acceptors (Lipinski definition) is 4. The van der Waals surface area contributed by atoms with E-state index < -0.39 is 18.2 Å². The Hall–Kier alpha value is -1.98. The van der Waals surface area contributed by atoms with E-state index in [-0.39, 0.29) is 30.5 Å². The van der Waals surface area contributed by atoms with Crippen LogP contribution in [0.25, 0.3) is 0 Å². The molecular weight excluding hydrogens is 344 g/mol. The molecule has 1 saturated carbocycles. The largest absolute Gasteiger partial charge is 0.481 e. The van der Waals surface area contributed by atoms with Crippen molar-refractivity contribution in [1.29, 1.82) is 0 Å². The second kappa shape index (κ2) is 13.2. The highest BCUT2D eigenvalue weighted by Gasteiger charge is 2.39. The van der Waals surface area contributed by atoms with E-state index in [1.807, 2.05) is 18.2 Å². The Labute approximate surface area is 161 Å². The van der Waals surface area contributed by atoms with Crippen molar-refractivity contribution in [3.63, 3.8) is 0 Å². The predicted molar refractivity (Wildman–Crippen MR) is 106 cm³/mol. The minimum absolute atomic E-state index is 0.0112. The molecule has 0 heterocycles. The molecule has 0 bridgehead atoms. The number of aliphatic hydroxyl groups excluding tert-OH is 2. The number of carboxylic acid groups (broad SMARTS) is 1. The molecule has 150 valence electrons. The van der Waals surface area contributed by atoms with Gasteiger partial charge in [0, 0.05) is 24.7 Å². The zero-order chi connectivity index (χ0) is 20.1. The fourth-order valence-electron chi connectivity index (χ4n) is 3.10. The highest BCUT2D eigenvalue weighted by atomic mass is 16.4. The summed E-state index contributed by atoms with van der Waals surface area (Å²) in [5, 5.41) is 28.8. The van der Waals surface area contributed by atoms with Crippen molar-refractivity contribution in [2.45, 2.75) is 64.1 Å². The third kappa shape index (κ3) is 9.50. The molecule has 1 rings (SSSR count). The van der Waals surface area contributed by atoms with Gasteiger partial charge in [0.25, 0.3) is 0 Å². The lowest BCUT2D eigenvalue weighted by Crippen LogP contribution is -2.18. The first-order valence-electron chi connectivity index (χ1n) is 9.69. The number of aliphatic hydroxyl groups is 2. The van der Waals surface area contributed by atoms with Crippen molar-refractivity contribution in [3.8, 4) is 0 Å². The number of rotatable bonds is 12. The van der Waals surface area contributed by atoms with Crippen molar-refractivity contribution in [3.05, 3.63) is 48.6 Å². The first-order chi connectivity index (χ1) is 13.0. The van der Waals surface area contributed by atoms with Gasteiger partial charge in [0.05, 0.1) is 12.2 Å². The quantitative estimate of drug-likeness (QED) is 0.453. The monoisotopic (exact) mass is 376 g/mol. The molecule has 1 aliphatic carbocycles. The van der Waals surface area contributed by atoms with Crippen molar-refractivity contribution >= 4 is 11.8 Å². The van der Waals surface area contributed by atoms with E-state index in [2.05, 4.69) is 19.1 Å². The number of carbonyl (C=O) groups excluding carboxylic acids is 1. The standard InChI is InChI=1S/C22H32O5/c1-2-3-4-5-6-8-11-17(23)14-15-19-18(20(24)16-21(19)25)12-9-7-10-13-22(26)27/h3-4,6-9,14-15,17-19,21,23,25H,2,5,10-13,16H2,1H3,(H,26,27)/b4-3-,8-6-,9-7-,15-14+/t17-,18-,19-,21+/m1/s1. The normalized spacial score (nSPS) is 24.9. The molecule has 0 amide bonds. The summed E-state index contributed by atoms with van der Waals surface area (Å²) in [6.45, 7) is 2.08. The van der Waals surface area contributed by atoms with Crippen LogP contribution < -0.4 is 0 Å². The molecule has 0 unspecified atom stereocenters. The maximum Gasteiger partial charge on any atom is 0.303 e. The van der Waals surface area contributed by atoms with Gasteiger partial charge in [-0.25, -0.2) is 0 Å². The number of carbonyl (C=O) groups is 2. The molecular formula is C22H32O5. The number of allylic oxidation sites excluding steroid dienone is 5. The van der Waals surface area contributed by atoms with E-state index in [4.69, 9.17) is 5.11 Å². The second-order valence-electron chi connectivity index (χ2n) is 6.84. The number of ketones is 1. The van der Waals surface area contributed by atoms with E-state index in [9.17, 15) is 19.8 Å². The van der Waals surface area contributed by atoms with Crippen molar-refractivity contribution in [2.75, 3.05) is 0 Å². The average molecular weight is 376 g/mol. The third-order valence-electron chi connectivity index (χ3n) is 4.59. The Kier molecular flexibility index (Phi) is 11.3. The van der Waals surface area contributed by atoms with Gasteiger partial charge in [-0.1, -0.05) is 55.5 Å². The first-order valence-corrected chi connectivity index (χ1v) is 9.69. The SMILES string of the molecule is CC/C=C\C/C=C\C[C@@H](O)/C=C/[C@H]1[C@@H](O)CC(=O)[C@@H]1C/C=C\CCC(=O)O. The summed E-state index contributed by atoms with van der Waals surface area (Å²) >= 11 is 0. The van der Waals surface area contributed by atoms with Gasteiger partial charge in [-0.05, 0) is 32.1 Å². The summed E-state index contributed by atoms with van der Waals surface area (Å²) in [7, 11) is 0. The molecule has 0 aliphatic heterocycles. The molecule has 0 aromatic carbocycles. The summed E-state index contributed by atoms with van der Waals surface area (Å²) < 4.78 is 0. The zero-order valence-electron chi connectivity index (χ0n) is 16.0. The summed E-state index contributed by atoms with van der Waals surface area (Å²) in [6, 6.07) is 0. The second-order valence-corrected chi connectivity index (χ2v) is 6.84. The molecule has 1 aliphatic rings. The van der Waals surface area contributed by atoms with Gasteiger partial charge < -0.3 is 15.3 Å². The van der Waals surface area contributed by atoms with Crippen LogP contribution in [-0.4, -0.2) is 39.3 Å². The van der Waals surface area contributed by atoms with E-state index >= 15 is 0 Å². The predicted octanol–water partition coefficient (Wildman–Crippen LogP) is 3.58. The molecule has 0 aromatic heterocycles. The van der Waals surface area contributed by atoms with E-state index in [0.717, 1.165) is 12.8 Å². The Morgan fingerprint density at radius 3 is 2.63 bits per heavy atom. The van der Waals surface area contributed by atoms with Crippen LogP contribution in [0.15, 0.2) is 48.6 Å². The summed E-state index contributed by atoms with van der Waals surface area (Å²) in [6.07, 6.45) is 17.1. The van der Waals surface area contributed by atoms with E-state index in [1.54, 1.807) is 18.2 Å². The van der Waals surface area contributed by atoms with Crippen LogP contribution in [-0.2, 0) is 9.59 Å². The third-order valence-corrected chi connectivity index (χ3v) is 4.59. The van der Waals surface area contributed by atoms with Gasteiger partial charge in [-0.15, -0.1) is 0 Å². The number of carboxylic acids is 1. The van der Waals surface area contributed by atoms with Gasteiger partial charge in [0.15, 0.2) is 0 Å². The molecule has 3 N–H and O–H groups in total. The Morgan fingerprint density at radius 2 is 1.93 bits per heavy atom. The topological polar surface area (TPSA) is 94.8 Å². The minimum atomic E-state index is -0.850. The molecule has 5 nitrogen and oxygen atoms in total. The van der Waals surface area contributed by atoms with Crippen LogP contribution in [0.3, 0.4) is 0 Å². The summed E-state index contributed by atoms with van der Waals surface area (Å²) in [5.41, 5.74) is 0. The smallest absolute Gasteiger partial charge is 0.303 e. The molecule has 1 fully saturated rings. The molecule has 0 aromatic rings. The van der Waals surface area contributed by atoms with Crippen molar-refractivity contribution < 1.29 is 24.9 Å². The minimum Gasteiger partial charge on any atom is -0.481 e. The van der Waals surface area contributed by atoms with Gasteiger partial charge in [0.1, 0.15) is 5.78 Å². The Bertz CT molecular complexity index is 573. The number of hydrogen-bond donors (Lipinski definition) is 3. The molecule has 0 spiro atoms. The first kappa shape index (κ1) is 23.1. The van der Waals surface area contributed by atoms with Gasteiger partial charge in [0.2, 0.25) is 0 Å². The molecule has 4 atom stereocenters. The lowest BCUT2D eigenvalue weighted by atomic mass is 9.90. The fourth-order valence-corrected chi connectivity index (χ4v) is 3.10. The van der Waals surface area contributed by atoms with Gasteiger partial charge in [-0.2, -0.15) is 0 Å². The lowest BCUT2D eigenvalue weighted by molar-refractivity contribution is -0.136. The Balaban J connectivity index is 2.50. The summed E-state index contributed by atoms with van der Waals surface area (Å²) in [5.74, 6) is -1.47. The lowest BCUT2D eigenvalue weighted by Gasteiger charge is -2.16. The van der Waals surface area contributed by atoms with Crippen molar-refractivity contribution in [2.24, 2.45) is 11.8 Å². The van der Waals surface area contributed by atoms with Crippen LogP contribution >= 0.6 is 0 Å². The Morgan fingerprint density at radius 1 is 1.19 bits per heavy atom. The maximum atomic E-state index is 12.1. The van der Waals surface area contributed by atoms with Gasteiger partial charge >= 0.3 is 5.97 Å². The number of Topliss-reactive ketones (excluding diaryl/α,β-unsaturated/α-hetero) is 1. The summed E-state index contributed by atoms with van der Waals surface area (Å²) in [4.78, 5) is 22.6. The average Bonchev–Trinajstić information content (AvgIpc) is 2.88. The van der Waals surface area contributed by atoms with Crippen molar-refractivity contribution in [1.82, 2.24) is 0 Å². The maximum absolute atomic E-state index is 12.1. The van der Waals surface area contributed by atoms with Crippen LogP contribution in [0.1, 0.15) is 51.9 Å². The highest BCUT2D eigenvalue weighted by molar-refractivity contribution is 5.84. The highest BCUT2D eigenvalue weighted by Crippen LogP contribution is 2.33. The molecule has 27 heavy (non-hydrogen) atoms. The van der Waals surface area contributed by atoms with Crippen LogP contribution in [0.2, 0.25) is 0 Å². The van der Waals surface area contributed by atoms with E-state index in [1.165, 1.54) is 0 Å². The van der Waals surface area contributed by atoms with Crippen LogP contribution in [0.4, 0.5) is 0 Å². The fraction of sp³-hybridized carbons (Fsp3) is 0.545. The zero-order valence-corrected chi connectivity index (χ0v) is 16.0. The van der Waals surface area contributed by atoms with E-state index in [0.29, 0.717) is 19.3 Å².